The molecule has 0 aliphatic rings. The molecule has 0 aliphatic carbocycles. The van der Waals surface area contributed by atoms with Crippen LogP contribution < -0.4 is 15.8 Å². The number of ether oxygens (including phenoxy) is 2. The summed E-state index contributed by atoms with van der Waals surface area (Å²) in [7, 11) is 1.46. The highest BCUT2D eigenvalue weighted by atomic mass is 19.4. The Bertz CT molecular complexity index is 477. The Morgan fingerprint density at radius 1 is 1.41 bits per heavy atom. The average Bonchev–Trinajstić information content (AvgIpc) is 2.48. The van der Waals surface area contributed by atoms with E-state index in [0.717, 1.165) is 0 Å². The Morgan fingerprint density at radius 2 is 2.14 bits per heavy atom. The van der Waals surface area contributed by atoms with Gasteiger partial charge in [-0.1, -0.05) is 12.1 Å². The van der Waals surface area contributed by atoms with Crippen LogP contribution >= 0.6 is 0 Å². The number of nitrogens with one attached hydrogen (secondary N) is 1. The molecular formula is C14H19F3N2O3. The number of rotatable bonds is 8. The summed E-state index contributed by atoms with van der Waals surface area (Å²) >= 11 is 0. The molecule has 124 valence electrons. The van der Waals surface area contributed by atoms with E-state index in [0.29, 0.717) is 5.56 Å². The number of hydrogen-bond donors (Lipinski definition) is 2. The maximum Gasteiger partial charge on any atom is 0.422 e. The lowest BCUT2D eigenvalue weighted by atomic mass is 10.2. The van der Waals surface area contributed by atoms with E-state index in [-0.39, 0.29) is 37.3 Å². The molecule has 8 heteroatoms. The molecule has 5 nitrogen and oxygen atoms in total. The SMILES string of the molecule is COC(CN)CC(=O)NCc1cccc(OCC(F)(F)F)c1. The summed E-state index contributed by atoms with van der Waals surface area (Å²) in [4.78, 5) is 11.7. The van der Waals surface area contributed by atoms with Crippen LogP contribution in [-0.4, -0.2) is 38.4 Å². The van der Waals surface area contributed by atoms with E-state index in [9.17, 15) is 18.0 Å². The van der Waals surface area contributed by atoms with Crippen molar-refractivity contribution in [3.63, 3.8) is 0 Å². The first-order valence-electron chi connectivity index (χ1n) is 6.62. The summed E-state index contributed by atoms with van der Waals surface area (Å²) in [6, 6.07) is 6.11. The molecule has 0 aliphatic heterocycles. The monoisotopic (exact) mass is 320 g/mol. The highest BCUT2D eigenvalue weighted by molar-refractivity contribution is 5.76. The number of carbonyl (C=O) groups excluding carboxylic acids is 1. The molecule has 0 saturated heterocycles. The van der Waals surface area contributed by atoms with Crippen LogP contribution in [0.25, 0.3) is 0 Å². The van der Waals surface area contributed by atoms with Crippen LogP contribution in [0.1, 0.15) is 12.0 Å². The third kappa shape index (κ3) is 7.28. The normalized spacial score (nSPS) is 12.8. The van der Waals surface area contributed by atoms with Crippen LogP contribution in [-0.2, 0) is 16.1 Å². The number of alkyl halides is 3. The van der Waals surface area contributed by atoms with E-state index in [4.69, 9.17) is 10.5 Å². The fourth-order valence-corrected chi connectivity index (χ4v) is 1.65. The molecular weight excluding hydrogens is 301 g/mol. The lowest BCUT2D eigenvalue weighted by Gasteiger charge is -2.13. The van der Waals surface area contributed by atoms with Gasteiger partial charge in [-0.3, -0.25) is 4.79 Å². The van der Waals surface area contributed by atoms with E-state index >= 15 is 0 Å². The molecule has 0 aromatic heterocycles. The molecule has 0 bridgehead atoms. The summed E-state index contributed by atoms with van der Waals surface area (Å²) in [5, 5.41) is 2.65. The second kappa shape index (κ2) is 8.60. The molecule has 1 atom stereocenters. The Hall–Kier alpha value is -1.80. The van der Waals surface area contributed by atoms with Gasteiger partial charge >= 0.3 is 6.18 Å². The van der Waals surface area contributed by atoms with Crippen LogP contribution in [0.5, 0.6) is 5.75 Å². The van der Waals surface area contributed by atoms with Gasteiger partial charge in [-0.2, -0.15) is 13.2 Å². The molecule has 22 heavy (non-hydrogen) atoms. The van der Waals surface area contributed by atoms with Gasteiger partial charge in [0.25, 0.3) is 0 Å². The number of carbonyl (C=O) groups is 1. The predicted molar refractivity (Wildman–Crippen MR) is 74.3 cm³/mol. The Kier molecular flexibility index (Phi) is 7.13. The number of hydrogen-bond acceptors (Lipinski definition) is 4. The second-order valence-corrected chi connectivity index (χ2v) is 4.63. The van der Waals surface area contributed by atoms with Crippen LogP contribution in [0, 0.1) is 0 Å². The fraction of sp³-hybridized carbons (Fsp3) is 0.500. The first-order chi connectivity index (χ1) is 10.3. The molecule has 1 unspecified atom stereocenters. The lowest BCUT2D eigenvalue weighted by Crippen LogP contribution is -2.31. The molecule has 0 heterocycles. The van der Waals surface area contributed by atoms with Crippen molar-refractivity contribution >= 4 is 5.91 Å². The zero-order valence-corrected chi connectivity index (χ0v) is 12.2. The molecule has 0 fully saturated rings. The highest BCUT2D eigenvalue weighted by Crippen LogP contribution is 2.19. The zero-order chi connectivity index (χ0) is 16.6. The van der Waals surface area contributed by atoms with E-state index in [1.807, 2.05) is 0 Å². The second-order valence-electron chi connectivity index (χ2n) is 4.63. The number of methoxy groups -OCH3 is 1. The lowest BCUT2D eigenvalue weighted by molar-refractivity contribution is -0.153. The summed E-state index contributed by atoms with van der Waals surface area (Å²) in [6.07, 6.45) is -4.62. The van der Waals surface area contributed by atoms with Crippen LogP contribution in [0.2, 0.25) is 0 Å². The van der Waals surface area contributed by atoms with Gasteiger partial charge in [0.15, 0.2) is 6.61 Å². The molecule has 0 spiro atoms. The van der Waals surface area contributed by atoms with Crippen molar-refractivity contribution in [2.24, 2.45) is 5.73 Å². The summed E-state index contributed by atoms with van der Waals surface area (Å²) in [6.45, 7) is -0.942. The first-order valence-corrected chi connectivity index (χ1v) is 6.62. The van der Waals surface area contributed by atoms with Crippen molar-refractivity contribution < 1.29 is 27.4 Å². The molecule has 1 aromatic rings. The van der Waals surface area contributed by atoms with Gasteiger partial charge in [0.2, 0.25) is 5.91 Å². The standard InChI is InChI=1S/C14H19F3N2O3/c1-21-12(7-18)6-13(20)19-8-10-3-2-4-11(5-10)22-9-14(15,16)17/h2-5,12H,6-9,18H2,1H3,(H,19,20). The van der Waals surface area contributed by atoms with Gasteiger partial charge in [0.1, 0.15) is 5.75 Å². The number of halogens is 3. The molecule has 0 radical (unpaired) electrons. The van der Waals surface area contributed by atoms with Crippen molar-refractivity contribution in [1.82, 2.24) is 5.32 Å². The predicted octanol–water partition coefficient (Wildman–Crippen LogP) is 1.61. The number of amides is 1. The van der Waals surface area contributed by atoms with Crippen molar-refractivity contribution in [3.8, 4) is 5.75 Å². The number of nitrogens with two attached hydrogens (primary N) is 1. The van der Waals surface area contributed by atoms with Crippen LogP contribution in [0.15, 0.2) is 24.3 Å². The van der Waals surface area contributed by atoms with Crippen molar-refractivity contribution in [2.75, 3.05) is 20.3 Å². The minimum atomic E-state index is -4.39. The summed E-state index contributed by atoms with van der Waals surface area (Å²) in [5.74, 6) is -0.153. The third-order valence-corrected chi connectivity index (χ3v) is 2.80. The largest absolute Gasteiger partial charge is 0.484 e. The smallest absolute Gasteiger partial charge is 0.422 e. The van der Waals surface area contributed by atoms with E-state index in [1.54, 1.807) is 12.1 Å². The van der Waals surface area contributed by atoms with Crippen LogP contribution in [0.3, 0.4) is 0 Å². The average molecular weight is 320 g/mol. The van der Waals surface area contributed by atoms with Gasteiger partial charge in [-0.25, -0.2) is 0 Å². The van der Waals surface area contributed by atoms with Crippen molar-refractivity contribution in [1.29, 1.82) is 0 Å². The summed E-state index contributed by atoms with van der Waals surface area (Å²) < 4.78 is 45.9. The minimum Gasteiger partial charge on any atom is -0.484 e. The molecule has 1 rings (SSSR count). The van der Waals surface area contributed by atoms with Crippen molar-refractivity contribution in [3.05, 3.63) is 29.8 Å². The van der Waals surface area contributed by atoms with Gasteiger partial charge in [-0.15, -0.1) is 0 Å². The van der Waals surface area contributed by atoms with Crippen molar-refractivity contribution in [2.45, 2.75) is 25.2 Å². The van der Waals surface area contributed by atoms with Gasteiger partial charge in [0.05, 0.1) is 12.5 Å². The molecule has 1 amide bonds. The van der Waals surface area contributed by atoms with Gasteiger partial charge in [-0.05, 0) is 17.7 Å². The van der Waals surface area contributed by atoms with E-state index in [2.05, 4.69) is 10.1 Å². The van der Waals surface area contributed by atoms with Gasteiger partial charge < -0.3 is 20.5 Å². The maximum absolute atomic E-state index is 12.1. The Balaban J connectivity index is 2.47. The molecule has 3 N–H and O–H groups in total. The first kappa shape index (κ1) is 18.2. The van der Waals surface area contributed by atoms with E-state index < -0.39 is 12.8 Å². The number of benzene rings is 1. The van der Waals surface area contributed by atoms with Gasteiger partial charge in [0, 0.05) is 20.2 Å². The quantitative estimate of drug-likeness (QED) is 0.763. The maximum atomic E-state index is 12.1. The zero-order valence-electron chi connectivity index (χ0n) is 12.2. The highest BCUT2D eigenvalue weighted by Gasteiger charge is 2.28. The fourth-order valence-electron chi connectivity index (χ4n) is 1.65. The Labute approximate surface area is 126 Å². The topological polar surface area (TPSA) is 73.6 Å². The molecule has 1 aromatic carbocycles. The minimum absolute atomic E-state index is 0.0980. The van der Waals surface area contributed by atoms with E-state index in [1.165, 1.54) is 19.2 Å². The Morgan fingerprint density at radius 3 is 2.73 bits per heavy atom. The summed E-state index contributed by atoms with van der Waals surface area (Å²) in [5.41, 5.74) is 6.05. The van der Waals surface area contributed by atoms with Crippen LogP contribution in [0.4, 0.5) is 13.2 Å². The molecule has 0 saturated carbocycles. The third-order valence-electron chi connectivity index (χ3n) is 2.80.